The van der Waals surface area contributed by atoms with E-state index >= 15 is 0 Å². The van der Waals surface area contributed by atoms with Gasteiger partial charge in [0.2, 0.25) is 0 Å². The Morgan fingerprint density at radius 1 is 1.35 bits per heavy atom. The van der Waals surface area contributed by atoms with Crippen LogP contribution in [0.1, 0.15) is 12.0 Å². The van der Waals surface area contributed by atoms with Gasteiger partial charge in [-0.05, 0) is 23.8 Å². The fraction of sp³-hybridized carbons (Fsp3) is 0.133. The van der Waals surface area contributed by atoms with Gasteiger partial charge in [0, 0.05) is 30.1 Å². The van der Waals surface area contributed by atoms with E-state index in [2.05, 4.69) is 9.98 Å². The van der Waals surface area contributed by atoms with E-state index in [1.807, 2.05) is 30.3 Å². The van der Waals surface area contributed by atoms with E-state index in [0.29, 0.717) is 29.3 Å². The molecule has 2 aromatic rings. The second kappa shape index (κ2) is 4.95. The highest BCUT2D eigenvalue weighted by Crippen LogP contribution is 2.21. The molecular formula is C15H11ClN4. The first-order valence-corrected chi connectivity index (χ1v) is 6.53. The monoisotopic (exact) mass is 282 g/mol. The van der Waals surface area contributed by atoms with Crippen LogP contribution in [-0.2, 0) is 6.42 Å². The Morgan fingerprint density at radius 2 is 2.20 bits per heavy atom. The molecule has 2 N–H and O–H groups in total. The van der Waals surface area contributed by atoms with Crippen molar-refractivity contribution in [3.8, 4) is 6.07 Å². The van der Waals surface area contributed by atoms with E-state index in [4.69, 9.17) is 22.6 Å². The van der Waals surface area contributed by atoms with E-state index < -0.39 is 0 Å². The lowest BCUT2D eigenvalue weighted by Crippen LogP contribution is -2.04. The third-order valence-electron chi connectivity index (χ3n) is 3.19. The molecule has 0 saturated heterocycles. The molecule has 1 aliphatic rings. The standard InChI is InChI=1S/C15H11ClN4/c16-11-5-10-3-9(1-2-14(10)19-8-11)4-12-6-13(18)15(7-17)20-12/h1-3,5,8H,4,6,18H2. The molecule has 2 heterocycles. The van der Waals surface area contributed by atoms with E-state index in [9.17, 15) is 0 Å². The maximum absolute atomic E-state index is 8.87. The summed E-state index contributed by atoms with van der Waals surface area (Å²) in [6.07, 6.45) is 2.87. The van der Waals surface area contributed by atoms with Gasteiger partial charge in [0.25, 0.3) is 0 Å². The molecule has 1 aromatic heterocycles. The number of hydrogen-bond acceptors (Lipinski definition) is 4. The zero-order chi connectivity index (χ0) is 14.1. The van der Waals surface area contributed by atoms with Gasteiger partial charge in [-0.25, -0.2) is 4.99 Å². The van der Waals surface area contributed by atoms with Crippen molar-refractivity contribution in [3.63, 3.8) is 0 Å². The molecule has 0 atom stereocenters. The summed E-state index contributed by atoms with van der Waals surface area (Å²) in [6, 6.07) is 9.89. The van der Waals surface area contributed by atoms with Gasteiger partial charge in [0.15, 0.2) is 5.70 Å². The van der Waals surface area contributed by atoms with E-state index in [-0.39, 0.29) is 0 Å². The Hall–Kier alpha value is -2.38. The summed E-state index contributed by atoms with van der Waals surface area (Å²) in [5, 5.41) is 10.5. The lowest BCUT2D eigenvalue weighted by molar-refractivity contribution is 1.19. The van der Waals surface area contributed by atoms with Crippen LogP contribution in [0.2, 0.25) is 5.02 Å². The van der Waals surface area contributed by atoms with Gasteiger partial charge in [-0.1, -0.05) is 17.7 Å². The first kappa shape index (κ1) is 12.6. The van der Waals surface area contributed by atoms with Crippen molar-refractivity contribution >= 4 is 28.2 Å². The van der Waals surface area contributed by atoms with Crippen molar-refractivity contribution in [3.05, 3.63) is 52.4 Å². The molecule has 5 heteroatoms. The fourth-order valence-electron chi connectivity index (χ4n) is 2.27. The van der Waals surface area contributed by atoms with E-state index in [1.165, 1.54) is 0 Å². The number of aromatic nitrogens is 1. The van der Waals surface area contributed by atoms with Crippen LogP contribution in [0.15, 0.2) is 46.8 Å². The molecule has 0 radical (unpaired) electrons. The predicted octanol–water partition coefficient (Wildman–Crippen LogP) is 2.97. The maximum atomic E-state index is 8.87. The van der Waals surface area contributed by atoms with Gasteiger partial charge in [0.05, 0.1) is 16.2 Å². The fourth-order valence-corrected chi connectivity index (χ4v) is 2.44. The summed E-state index contributed by atoms with van der Waals surface area (Å²) in [4.78, 5) is 8.51. The molecule has 98 valence electrons. The zero-order valence-corrected chi connectivity index (χ0v) is 11.4. The number of allylic oxidation sites excluding steroid dienone is 2. The van der Waals surface area contributed by atoms with Crippen LogP contribution >= 0.6 is 11.6 Å². The van der Waals surface area contributed by atoms with Crippen molar-refractivity contribution in [2.24, 2.45) is 10.7 Å². The zero-order valence-electron chi connectivity index (χ0n) is 10.6. The summed E-state index contributed by atoms with van der Waals surface area (Å²) in [5.74, 6) is 0. The van der Waals surface area contributed by atoms with Crippen LogP contribution in [0.3, 0.4) is 0 Å². The SMILES string of the molecule is N#CC1=C(N)CC(Cc2ccc3ncc(Cl)cc3c2)=N1. The minimum absolute atomic E-state index is 0.338. The van der Waals surface area contributed by atoms with Gasteiger partial charge in [0.1, 0.15) is 6.07 Å². The highest BCUT2D eigenvalue weighted by atomic mass is 35.5. The minimum Gasteiger partial charge on any atom is -0.399 e. The Balaban J connectivity index is 1.88. The summed E-state index contributed by atoms with van der Waals surface area (Å²) in [6.45, 7) is 0. The molecule has 0 spiro atoms. The van der Waals surface area contributed by atoms with Crippen molar-refractivity contribution < 1.29 is 0 Å². The molecular weight excluding hydrogens is 272 g/mol. The van der Waals surface area contributed by atoms with Gasteiger partial charge >= 0.3 is 0 Å². The minimum atomic E-state index is 0.338. The number of nitrogens with zero attached hydrogens (tertiary/aromatic N) is 3. The number of pyridine rings is 1. The third-order valence-corrected chi connectivity index (χ3v) is 3.40. The second-order valence-electron chi connectivity index (χ2n) is 4.70. The molecule has 1 aromatic carbocycles. The molecule has 4 nitrogen and oxygen atoms in total. The molecule has 0 bridgehead atoms. The van der Waals surface area contributed by atoms with Gasteiger partial charge in [-0.2, -0.15) is 5.26 Å². The van der Waals surface area contributed by atoms with Gasteiger partial charge < -0.3 is 5.73 Å². The Morgan fingerprint density at radius 3 is 2.95 bits per heavy atom. The quantitative estimate of drug-likeness (QED) is 0.920. The normalized spacial score (nSPS) is 14.5. The average molecular weight is 283 g/mol. The molecule has 0 aliphatic carbocycles. The number of halogens is 1. The van der Waals surface area contributed by atoms with E-state index in [0.717, 1.165) is 22.2 Å². The highest BCUT2D eigenvalue weighted by molar-refractivity contribution is 6.31. The average Bonchev–Trinajstić information content (AvgIpc) is 2.78. The summed E-state index contributed by atoms with van der Waals surface area (Å²) >= 11 is 5.95. The van der Waals surface area contributed by atoms with Crippen LogP contribution < -0.4 is 5.73 Å². The number of fused-ring (bicyclic) bond motifs is 1. The number of nitrogens with two attached hydrogens (primary N) is 1. The van der Waals surface area contributed by atoms with Crippen LogP contribution in [0.4, 0.5) is 0 Å². The first-order valence-electron chi connectivity index (χ1n) is 6.15. The van der Waals surface area contributed by atoms with E-state index in [1.54, 1.807) is 6.20 Å². The Labute approximate surface area is 121 Å². The number of hydrogen-bond donors (Lipinski definition) is 1. The van der Waals surface area contributed by atoms with Crippen molar-refractivity contribution in [1.82, 2.24) is 4.98 Å². The summed E-state index contributed by atoms with van der Waals surface area (Å²) < 4.78 is 0. The molecule has 0 saturated carbocycles. The lowest BCUT2D eigenvalue weighted by atomic mass is 10.0. The Kier molecular flexibility index (Phi) is 3.13. The number of nitriles is 1. The third kappa shape index (κ3) is 2.36. The second-order valence-corrected chi connectivity index (χ2v) is 5.13. The molecule has 0 unspecified atom stereocenters. The topological polar surface area (TPSA) is 75.1 Å². The maximum Gasteiger partial charge on any atom is 0.159 e. The van der Waals surface area contributed by atoms with Crippen LogP contribution in [-0.4, -0.2) is 10.7 Å². The summed E-state index contributed by atoms with van der Waals surface area (Å²) in [7, 11) is 0. The molecule has 20 heavy (non-hydrogen) atoms. The molecule has 0 fully saturated rings. The van der Waals surface area contributed by atoms with Crippen LogP contribution in [0.5, 0.6) is 0 Å². The van der Waals surface area contributed by atoms with Gasteiger partial charge in [-0.3, -0.25) is 4.98 Å². The highest BCUT2D eigenvalue weighted by Gasteiger charge is 2.15. The number of rotatable bonds is 2. The van der Waals surface area contributed by atoms with Crippen molar-refractivity contribution in [2.75, 3.05) is 0 Å². The molecule has 1 aliphatic heterocycles. The molecule has 0 amide bonds. The lowest BCUT2D eigenvalue weighted by Gasteiger charge is -2.04. The van der Waals surface area contributed by atoms with Crippen LogP contribution in [0.25, 0.3) is 10.9 Å². The van der Waals surface area contributed by atoms with Gasteiger partial charge in [-0.15, -0.1) is 0 Å². The smallest absolute Gasteiger partial charge is 0.159 e. The number of aliphatic imine (C=N–C) groups is 1. The largest absolute Gasteiger partial charge is 0.399 e. The van der Waals surface area contributed by atoms with Crippen LogP contribution in [0, 0.1) is 11.3 Å². The first-order chi connectivity index (χ1) is 9.65. The summed E-state index contributed by atoms with van der Waals surface area (Å²) in [5.41, 5.74) is 9.57. The van der Waals surface area contributed by atoms with Crippen molar-refractivity contribution in [1.29, 1.82) is 5.26 Å². The predicted molar refractivity (Wildman–Crippen MR) is 79.3 cm³/mol. The number of benzene rings is 1. The Bertz CT molecular complexity index is 799. The van der Waals surface area contributed by atoms with Crippen molar-refractivity contribution in [2.45, 2.75) is 12.8 Å². The molecule has 3 rings (SSSR count).